The maximum Gasteiger partial charge on any atom is 0.226 e. The van der Waals surface area contributed by atoms with E-state index in [2.05, 4.69) is 10.3 Å². The summed E-state index contributed by atoms with van der Waals surface area (Å²) in [5, 5.41) is 2.85. The van der Waals surface area contributed by atoms with Gasteiger partial charge in [-0.1, -0.05) is 12.1 Å². The van der Waals surface area contributed by atoms with E-state index in [9.17, 15) is 4.79 Å². The number of nitrogens with zero attached hydrogens (tertiary/aromatic N) is 1. The van der Waals surface area contributed by atoms with E-state index < -0.39 is 0 Å². The maximum absolute atomic E-state index is 11.8. The third-order valence-corrected chi connectivity index (χ3v) is 2.84. The lowest BCUT2D eigenvalue weighted by atomic mass is 10.2. The summed E-state index contributed by atoms with van der Waals surface area (Å²) in [4.78, 5) is 15.9. The average Bonchev–Trinajstić information content (AvgIpc) is 2.48. The minimum atomic E-state index is -0.0712. The molecular weight excluding hydrogens is 254 g/mol. The number of nitrogen functional groups attached to an aromatic ring is 1. The fraction of sp³-hybridized carbons (Fsp3) is 0.200. The molecule has 20 heavy (non-hydrogen) atoms. The minimum Gasteiger partial charge on any atom is -0.497 e. The van der Waals surface area contributed by atoms with Crippen LogP contribution in [-0.4, -0.2) is 18.0 Å². The molecule has 3 N–H and O–H groups in total. The monoisotopic (exact) mass is 271 g/mol. The lowest BCUT2D eigenvalue weighted by Crippen LogP contribution is -2.24. The fourth-order valence-electron chi connectivity index (χ4n) is 1.71. The summed E-state index contributed by atoms with van der Waals surface area (Å²) in [6.07, 6.45) is 1.79. The molecule has 0 aliphatic heterocycles. The molecule has 0 atom stereocenters. The SMILES string of the molecule is COc1ccc(CNC(=O)Cc2ccc(N)cn2)cc1. The molecule has 0 spiro atoms. The number of pyridine rings is 1. The van der Waals surface area contributed by atoms with Crippen molar-refractivity contribution in [3.63, 3.8) is 0 Å². The number of hydrogen-bond acceptors (Lipinski definition) is 4. The van der Waals surface area contributed by atoms with Gasteiger partial charge in [0, 0.05) is 12.2 Å². The van der Waals surface area contributed by atoms with E-state index in [-0.39, 0.29) is 12.3 Å². The van der Waals surface area contributed by atoms with Gasteiger partial charge in [-0.25, -0.2) is 0 Å². The summed E-state index contributed by atoms with van der Waals surface area (Å²) >= 11 is 0. The van der Waals surface area contributed by atoms with Gasteiger partial charge in [0.25, 0.3) is 0 Å². The fourth-order valence-corrected chi connectivity index (χ4v) is 1.71. The first-order valence-corrected chi connectivity index (χ1v) is 6.27. The first kappa shape index (κ1) is 13.9. The number of nitrogens with two attached hydrogens (primary N) is 1. The van der Waals surface area contributed by atoms with Crippen molar-refractivity contribution in [2.45, 2.75) is 13.0 Å². The second kappa shape index (κ2) is 6.56. The Morgan fingerprint density at radius 1 is 1.25 bits per heavy atom. The predicted octanol–water partition coefficient (Wildman–Crippen LogP) is 1.53. The summed E-state index contributed by atoms with van der Waals surface area (Å²) < 4.78 is 5.08. The highest BCUT2D eigenvalue weighted by Crippen LogP contribution is 2.11. The summed E-state index contributed by atoms with van der Waals surface area (Å²) in [5.41, 5.74) is 7.85. The largest absolute Gasteiger partial charge is 0.497 e. The molecule has 104 valence electrons. The number of benzene rings is 1. The topological polar surface area (TPSA) is 77.2 Å². The van der Waals surface area contributed by atoms with Crippen LogP contribution in [0.1, 0.15) is 11.3 Å². The summed E-state index contributed by atoms with van der Waals surface area (Å²) in [7, 11) is 1.62. The number of aromatic nitrogens is 1. The van der Waals surface area contributed by atoms with Crippen LogP contribution >= 0.6 is 0 Å². The van der Waals surface area contributed by atoms with E-state index in [4.69, 9.17) is 10.5 Å². The van der Waals surface area contributed by atoms with Crippen molar-refractivity contribution >= 4 is 11.6 Å². The molecule has 1 aromatic carbocycles. The van der Waals surface area contributed by atoms with E-state index in [1.165, 1.54) is 0 Å². The Morgan fingerprint density at radius 3 is 2.60 bits per heavy atom. The van der Waals surface area contributed by atoms with E-state index in [1.807, 2.05) is 24.3 Å². The van der Waals surface area contributed by atoms with Gasteiger partial charge < -0.3 is 15.8 Å². The van der Waals surface area contributed by atoms with E-state index in [1.54, 1.807) is 25.4 Å². The van der Waals surface area contributed by atoms with Crippen molar-refractivity contribution in [2.75, 3.05) is 12.8 Å². The van der Waals surface area contributed by atoms with E-state index in [0.29, 0.717) is 17.9 Å². The van der Waals surface area contributed by atoms with Crippen LogP contribution in [-0.2, 0) is 17.8 Å². The molecule has 0 radical (unpaired) electrons. The zero-order valence-corrected chi connectivity index (χ0v) is 11.3. The molecule has 2 rings (SSSR count). The van der Waals surface area contributed by atoms with Crippen LogP contribution < -0.4 is 15.8 Å². The Labute approximate surface area is 117 Å². The van der Waals surface area contributed by atoms with Crippen molar-refractivity contribution in [2.24, 2.45) is 0 Å². The van der Waals surface area contributed by atoms with Crippen molar-refractivity contribution in [1.29, 1.82) is 0 Å². The number of rotatable bonds is 5. The van der Waals surface area contributed by atoms with Crippen LogP contribution in [0, 0.1) is 0 Å². The van der Waals surface area contributed by atoms with Crippen LogP contribution in [0.2, 0.25) is 0 Å². The Bertz CT molecular complexity index is 565. The molecule has 5 heteroatoms. The summed E-state index contributed by atoms with van der Waals surface area (Å²) in [5.74, 6) is 0.726. The molecule has 0 saturated carbocycles. The highest BCUT2D eigenvalue weighted by molar-refractivity contribution is 5.78. The van der Waals surface area contributed by atoms with Crippen molar-refractivity contribution in [3.8, 4) is 5.75 Å². The Kier molecular flexibility index (Phi) is 4.55. The van der Waals surface area contributed by atoms with Gasteiger partial charge in [-0.05, 0) is 29.8 Å². The third-order valence-electron chi connectivity index (χ3n) is 2.84. The highest BCUT2D eigenvalue weighted by atomic mass is 16.5. The molecule has 1 heterocycles. The van der Waals surface area contributed by atoms with Gasteiger partial charge in [0.05, 0.1) is 25.4 Å². The number of anilines is 1. The second-order valence-electron chi connectivity index (χ2n) is 4.38. The zero-order chi connectivity index (χ0) is 14.4. The summed E-state index contributed by atoms with van der Waals surface area (Å²) in [6, 6.07) is 11.1. The van der Waals surface area contributed by atoms with Crippen molar-refractivity contribution in [1.82, 2.24) is 10.3 Å². The van der Waals surface area contributed by atoms with Crippen molar-refractivity contribution in [3.05, 3.63) is 53.9 Å². The molecule has 0 fully saturated rings. The van der Waals surface area contributed by atoms with Gasteiger partial charge in [0.2, 0.25) is 5.91 Å². The predicted molar refractivity (Wildman–Crippen MR) is 77.2 cm³/mol. The normalized spacial score (nSPS) is 10.1. The van der Waals surface area contributed by atoms with Crippen LogP contribution in [0.4, 0.5) is 5.69 Å². The second-order valence-corrected chi connectivity index (χ2v) is 4.38. The number of hydrogen-bond donors (Lipinski definition) is 2. The molecule has 1 amide bonds. The van der Waals surface area contributed by atoms with Gasteiger partial charge in [0.1, 0.15) is 5.75 Å². The first-order chi connectivity index (χ1) is 9.67. The van der Waals surface area contributed by atoms with Crippen LogP contribution in [0.15, 0.2) is 42.6 Å². The van der Waals surface area contributed by atoms with Crippen LogP contribution in [0.3, 0.4) is 0 Å². The third kappa shape index (κ3) is 3.98. The standard InChI is InChI=1S/C15H17N3O2/c1-20-14-6-2-11(3-7-14)9-18-15(19)8-13-5-4-12(16)10-17-13/h2-7,10H,8-9,16H2,1H3,(H,18,19). The Hall–Kier alpha value is -2.56. The average molecular weight is 271 g/mol. The smallest absolute Gasteiger partial charge is 0.226 e. The minimum absolute atomic E-state index is 0.0712. The molecule has 0 aliphatic rings. The molecule has 0 unspecified atom stereocenters. The molecule has 0 saturated heterocycles. The zero-order valence-electron chi connectivity index (χ0n) is 11.3. The van der Waals surface area contributed by atoms with Gasteiger partial charge in [-0.2, -0.15) is 0 Å². The Morgan fingerprint density at radius 2 is 2.00 bits per heavy atom. The highest BCUT2D eigenvalue weighted by Gasteiger charge is 2.04. The number of methoxy groups -OCH3 is 1. The number of carbonyl (C=O) groups is 1. The quantitative estimate of drug-likeness (QED) is 0.864. The van der Waals surface area contributed by atoms with Gasteiger partial charge >= 0.3 is 0 Å². The van der Waals surface area contributed by atoms with Gasteiger partial charge in [0.15, 0.2) is 0 Å². The van der Waals surface area contributed by atoms with Gasteiger partial charge in [-0.15, -0.1) is 0 Å². The Balaban J connectivity index is 1.83. The lowest BCUT2D eigenvalue weighted by Gasteiger charge is -2.06. The lowest BCUT2D eigenvalue weighted by molar-refractivity contribution is -0.120. The molecule has 5 nitrogen and oxygen atoms in total. The van der Waals surface area contributed by atoms with Crippen LogP contribution in [0.25, 0.3) is 0 Å². The summed E-state index contributed by atoms with van der Waals surface area (Å²) in [6.45, 7) is 0.484. The van der Waals surface area contributed by atoms with E-state index >= 15 is 0 Å². The first-order valence-electron chi connectivity index (χ1n) is 6.27. The van der Waals surface area contributed by atoms with Gasteiger partial charge in [-0.3, -0.25) is 9.78 Å². The van der Waals surface area contributed by atoms with Crippen molar-refractivity contribution < 1.29 is 9.53 Å². The number of nitrogens with one attached hydrogen (secondary N) is 1. The molecule has 0 bridgehead atoms. The number of carbonyl (C=O) groups excluding carboxylic acids is 1. The molecule has 1 aromatic heterocycles. The molecular formula is C15H17N3O2. The van der Waals surface area contributed by atoms with E-state index in [0.717, 1.165) is 11.3 Å². The molecule has 0 aliphatic carbocycles. The maximum atomic E-state index is 11.8. The number of ether oxygens (including phenoxy) is 1. The number of amides is 1. The molecule has 2 aromatic rings. The van der Waals surface area contributed by atoms with Crippen LogP contribution in [0.5, 0.6) is 5.75 Å².